The average Bonchev–Trinajstić information content (AvgIpc) is 2.06. The monoisotopic (exact) mass is 172 g/mol. The topological polar surface area (TPSA) is 15.6 Å². The van der Waals surface area contributed by atoms with Gasteiger partial charge in [-0.1, -0.05) is 12.7 Å². The molecule has 66 valence electrons. The SMILES string of the molecule is C=C1C=C(C)N=C2C=CC(C)=CN12. The highest BCUT2D eigenvalue weighted by Gasteiger charge is 2.15. The highest BCUT2D eigenvalue weighted by atomic mass is 15.2. The Morgan fingerprint density at radius 1 is 1.31 bits per heavy atom. The Labute approximate surface area is 78.3 Å². The first-order valence-corrected chi connectivity index (χ1v) is 4.28. The lowest BCUT2D eigenvalue weighted by molar-refractivity contribution is 0.695. The van der Waals surface area contributed by atoms with Gasteiger partial charge in [-0.25, -0.2) is 4.99 Å². The lowest BCUT2D eigenvalue weighted by atomic mass is 10.1. The molecule has 13 heavy (non-hydrogen) atoms. The molecule has 0 aromatic rings. The minimum absolute atomic E-state index is 0.954. The molecule has 0 fully saturated rings. The van der Waals surface area contributed by atoms with Crippen molar-refractivity contribution in [3.8, 4) is 0 Å². The molecule has 0 atom stereocenters. The van der Waals surface area contributed by atoms with E-state index in [0.717, 1.165) is 17.2 Å². The zero-order chi connectivity index (χ0) is 9.42. The van der Waals surface area contributed by atoms with Crippen molar-refractivity contribution in [3.63, 3.8) is 0 Å². The van der Waals surface area contributed by atoms with Crippen LogP contribution in [0.5, 0.6) is 0 Å². The number of allylic oxidation sites excluding steroid dienone is 4. The van der Waals surface area contributed by atoms with E-state index in [1.165, 1.54) is 5.57 Å². The number of hydrogen-bond acceptors (Lipinski definition) is 2. The van der Waals surface area contributed by atoms with Gasteiger partial charge in [0.1, 0.15) is 5.84 Å². The Morgan fingerprint density at radius 3 is 2.85 bits per heavy atom. The summed E-state index contributed by atoms with van der Waals surface area (Å²) in [6.07, 6.45) is 8.09. The number of rotatable bonds is 0. The molecule has 0 aliphatic carbocycles. The fourth-order valence-corrected chi connectivity index (χ4v) is 1.44. The first-order valence-electron chi connectivity index (χ1n) is 4.28. The van der Waals surface area contributed by atoms with Gasteiger partial charge in [0, 0.05) is 17.6 Å². The van der Waals surface area contributed by atoms with Gasteiger partial charge in [-0.15, -0.1) is 0 Å². The second-order valence-electron chi connectivity index (χ2n) is 3.32. The van der Waals surface area contributed by atoms with Gasteiger partial charge in [-0.2, -0.15) is 0 Å². The van der Waals surface area contributed by atoms with Gasteiger partial charge >= 0.3 is 0 Å². The molecular formula is C11H12N2. The third kappa shape index (κ3) is 1.35. The maximum atomic E-state index is 4.40. The molecule has 0 N–H and O–H groups in total. The zero-order valence-corrected chi connectivity index (χ0v) is 7.91. The van der Waals surface area contributed by atoms with Crippen molar-refractivity contribution >= 4 is 5.84 Å². The van der Waals surface area contributed by atoms with Gasteiger partial charge in [0.2, 0.25) is 0 Å². The summed E-state index contributed by atoms with van der Waals surface area (Å²) in [4.78, 5) is 6.40. The second kappa shape index (κ2) is 2.73. The molecule has 0 bridgehead atoms. The summed E-state index contributed by atoms with van der Waals surface area (Å²) >= 11 is 0. The molecule has 0 radical (unpaired) electrons. The van der Waals surface area contributed by atoms with Crippen LogP contribution in [0.1, 0.15) is 13.8 Å². The van der Waals surface area contributed by atoms with Crippen molar-refractivity contribution in [3.05, 3.63) is 48.0 Å². The second-order valence-corrected chi connectivity index (χ2v) is 3.32. The molecule has 0 unspecified atom stereocenters. The summed E-state index contributed by atoms with van der Waals surface area (Å²) in [6.45, 7) is 8.02. The maximum absolute atomic E-state index is 4.40. The van der Waals surface area contributed by atoms with Crippen molar-refractivity contribution in [1.29, 1.82) is 0 Å². The van der Waals surface area contributed by atoms with Gasteiger partial charge < -0.3 is 4.90 Å². The van der Waals surface area contributed by atoms with Gasteiger partial charge in [0.05, 0.1) is 0 Å². The molecule has 2 aliphatic rings. The smallest absolute Gasteiger partial charge is 0.137 e. The summed E-state index contributed by atoms with van der Waals surface area (Å²) < 4.78 is 0. The Kier molecular flexibility index (Phi) is 1.69. The summed E-state index contributed by atoms with van der Waals surface area (Å²) in [7, 11) is 0. The molecule has 0 amide bonds. The Morgan fingerprint density at radius 2 is 2.08 bits per heavy atom. The first kappa shape index (κ1) is 8.05. The number of nitrogens with zero attached hydrogens (tertiary/aromatic N) is 2. The maximum Gasteiger partial charge on any atom is 0.137 e. The minimum Gasteiger partial charge on any atom is -0.302 e. The number of hydrogen-bond donors (Lipinski definition) is 0. The van der Waals surface area contributed by atoms with E-state index >= 15 is 0 Å². The van der Waals surface area contributed by atoms with E-state index in [1.54, 1.807) is 0 Å². The van der Waals surface area contributed by atoms with Crippen LogP contribution in [0.25, 0.3) is 0 Å². The lowest BCUT2D eigenvalue weighted by Gasteiger charge is -2.27. The normalized spacial score (nSPS) is 20.6. The molecule has 0 saturated heterocycles. The van der Waals surface area contributed by atoms with Crippen LogP contribution in [-0.4, -0.2) is 10.7 Å². The highest BCUT2D eigenvalue weighted by molar-refractivity contribution is 5.98. The summed E-state index contributed by atoms with van der Waals surface area (Å²) in [6, 6.07) is 0. The lowest BCUT2D eigenvalue weighted by Crippen LogP contribution is -2.27. The van der Waals surface area contributed by atoms with Crippen LogP contribution in [-0.2, 0) is 0 Å². The van der Waals surface area contributed by atoms with Gasteiger partial charge in [-0.3, -0.25) is 0 Å². The Hall–Kier alpha value is -1.57. The van der Waals surface area contributed by atoms with Gasteiger partial charge in [0.25, 0.3) is 0 Å². The van der Waals surface area contributed by atoms with Crippen molar-refractivity contribution in [2.45, 2.75) is 13.8 Å². The van der Waals surface area contributed by atoms with Crippen LogP contribution in [0.2, 0.25) is 0 Å². The molecule has 2 heterocycles. The van der Waals surface area contributed by atoms with Crippen molar-refractivity contribution < 1.29 is 0 Å². The van der Waals surface area contributed by atoms with E-state index in [-0.39, 0.29) is 0 Å². The molecule has 2 rings (SSSR count). The van der Waals surface area contributed by atoms with E-state index < -0.39 is 0 Å². The van der Waals surface area contributed by atoms with Gasteiger partial charge in [-0.05, 0) is 31.6 Å². The van der Waals surface area contributed by atoms with Gasteiger partial charge in [0.15, 0.2) is 0 Å². The quantitative estimate of drug-likeness (QED) is 0.548. The summed E-state index contributed by atoms with van der Waals surface area (Å²) in [5, 5.41) is 0. The van der Waals surface area contributed by atoms with E-state index in [4.69, 9.17) is 0 Å². The van der Waals surface area contributed by atoms with E-state index in [9.17, 15) is 0 Å². The number of amidine groups is 1. The van der Waals surface area contributed by atoms with Crippen molar-refractivity contribution in [2.75, 3.05) is 0 Å². The fraction of sp³-hybridized carbons (Fsp3) is 0.182. The van der Waals surface area contributed by atoms with E-state index in [1.807, 2.05) is 30.2 Å². The van der Waals surface area contributed by atoms with E-state index in [2.05, 4.69) is 24.6 Å². The molecule has 2 heteroatoms. The largest absolute Gasteiger partial charge is 0.302 e. The molecule has 2 aliphatic heterocycles. The third-order valence-corrected chi connectivity index (χ3v) is 2.05. The van der Waals surface area contributed by atoms with Crippen LogP contribution >= 0.6 is 0 Å². The average molecular weight is 172 g/mol. The molecule has 0 spiro atoms. The molecule has 0 aromatic carbocycles. The molecule has 0 saturated carbocycles. The minimum atomic E-state index is 0.954. The number of fused-ring (bicyclic) bond motifs is 1. The highest BCUT2D eigenvalue weighted by Crippen LogP contribution is 2.21. The van der Waals surface area contributed by atoms with Crippen LogP contribution in [0.3, 0.4) is 0 Å². The number of aliphatic imine (C=N–C) groups is 1. The van der Waals surface area contributed by atoms with E-state index in [0.29, 0.717) is 0 Å². The summed E-state index contributed by atoms with van der Waals surface area (Å²) in [5.74, 6) is 0.954. The van der Waals surface area contributed by atoms with Crippen LogP contribution in [0.15, 0.2) is 53.0 Å². The standard InChI is InChI=1S/C11H12N2/c1-8-4-5-11-12-9(2)6-10(3)13(11)7-8/h4-7H,3H2,1-2H3. The predicted octanol–water partition coefficient (Wildman–Crippen LogP) is 2.59. The van der Waals surface area contributed by atoms with Crippen LogP contribution in [0.4, 0.5) is 0 Å². The summed E-state index contributed by atoms with van der Waals surface area (Å²) in [5.41, 5.74) is 3.20. The Balaban J connectivity index is 2.44. The fourth-order valence-electron chi connectivity index (χ4n) is 1.44. The molecular weight excluding hydrogens is 160 g/mol. The molecule has 0 aromatic heterocycles. The predicted molar refractivity (Wildman–Crippen MR) is 55.1 cm³/mol. The van der Waals surface area contributed by atoms with Crippen LogP contribution < -0.4 is 0 Å². The zero-order valence-electron chi connectivity index (χ0n) is 7.91. The third-order valence-electron chi connectivity index (χ3n) is 2.05. The van der Waals surface area contributed by atoms with Crippen molar-refractivity contribution in [1.82, 2.24) is 4.90 Å². The first-order chi connectivity index (χ1) is 6.16. The van der Waals surface area contributed by atoms with Crippen molar-refractivity contribution in [2.24, 2.45) is 4.99 Å². The van der Waals surface area contributed by atoms with Crippen LogP contribution in [0, 0.1) is 0 Å². The Bertz CT molecular complexity index is 381. The molecule has 2 nitrogen and oxygen atoms in total.